The number of likely N-dealkylation sites (tertiary alicyclic amines) is 1. The molecule has 4 atom stereocenters. The molecule has 1 spiro atoms. The molecule has 2 bridgehead atoms. The molecule has 0 unspecified atom stereocenters. The fraction of sp³-hybridized carbons (Fsp3) is 0.458. The first kappa shape index (κ1) is 20.0. The lowest BCUT2D eigenvalue weighted by Crippen LogP contribution is -2.44. The maximum absolute atomic E-state index is 13.4. The first-order valence-corrected chi connectivity index (χ1v) is 10.7. The number of fused-ring (bicyclic) bond motifs is 1. The highest BCUT2D eigenvalue weighted by molar-refractivity contribution is 5.93. The van der Waals surface area contributed by atoms with E-state index in [1.54, 1.807) is 11.9 Å². The molecule has 2 amide bonds. The van der Waals surface area contributed by atoms with Crippen LogP contribution >= 0.6 is 0 Å². The van der Waals surface area contributed by atoms with Crippen molar-refractivity contribution in [1.82, 2.24) is 15.0 Å². The van der Waals surface area contributed by atoms with Gasteiger partial charge in [-0.3, -0.25) is 9.59 Å². The first-order valence-electron chi connectivity index (χ1n) is 10.7. The van der Waals surface area contributed by atoms with E-state index >= 15 is 0 Å². The van der Waals surface area contributed by atoms with Gasteiger partial charge < -0.3 is 19.1 Å². The molecule has 31 heavy (non-hydrogen) atoms. The lowest BCUT2D eigenvalue weighted by molar-refractivity contribution is -0.143. The van der Waals surface area contributed by atoms with E-state index in [4.69, 9.17) is 9.26 Å². The standard InChI is InChI=1S/C24H27N3O4/c1-14-5-6-17(9-15(14)2)11-27-13-24-8-7-19(30-24)20(21(24)23(27)29)22(28)26(4)12-18-10-16(3)25-31-18/h5-10,19-21H,11-13H2,1-4H3/t19-,20+,21+,24-/m0/s1. The van der Waals surface area contributed by atoms with Crippen molar-refractivity contribution in [3.63, 3.8) is 0 Å². The van der Waals surface area contributed by atoms with Crippen LogP contribution in [-0.2, 0) is 27.4 Å². The third-order valence-electron chi connectivity index (χ3n) is 6.85. The molecule has 0 aliphatic carbocycles. The zero-order chi connectivity index (χ0) is 21.9. The number of hydrogen-bond donors (Lipinski definition) is 0. The summed E-state index contributed by atoms with van der Waals surface area (Å²) in [7, 11) is 1.73. The Labute approximate surface area is 181 Å². The van der Waals surface area contributed by atoms with Gasteiger partial charge in [0.2, 0.25) is 11.8 Å². The Morgan fingerprint density at radius 3 is 2.77 bits per heavy atom. The zero-order valence-electron chi connectivity index (χ0n) is 18.3. The van der Waals surface area contributed by atoms with Crippen LogP contribution in [0, 0.1) is 32.6 Å². The van der Waals surface area contributed by atoms with Crippen molar-refractivity contribution in [1.29, 1.82) is 0 Å². The highest BCUT2D eigenvalue weighted by atomic mass is 16.5. The van der Waals surface area contributed by atoms with E-state index in [-0.39, 0.29) is 17.9 Å². The van der Waals surface area contributed by atoms with Crippen molar-refractivity contribution in [2.24, 2.45) is 11.8 Å². The summed E-state index contributed by atoms with van der Waals surface area (Å²) in [5.41, 5.74) is 3.59. The Morgan fingerprint density at radius 2 is 2.06 bits per heavy atom. The minimum Gasteiger partial charge on any atom is -0.360 e. The second-order valence-corrected chi connectivity index (χ2v) is 9.14. The molecule has 1 aromatic heterocycles. The minimum atomic E-state index is -0.703. The molecule has 4 heterocycles. The number of amides is 2. The SMILES string of the molecule is Cc1cc(CN(C)C(=O)[C@@H]2[C@@H]3C=C[C@@]4(CN(Cc5ccc(C)c(C)c5)C(=O)[C@@H]24)O3)on1. The molecule has 0 N–H and O–H groups in total. The normalized spacial score (nSPS) is 28.5. The molecule has 1 aromatic carbocycles. The quantitative estimate of drug-likeness (QED) is 0.694. The Morgan fingerprint density at radius 1 is 1.26 bits per heavy atom. The van der Waals surface area contributed by atoms with Gasteiger partial charge in [0.15, 0.2) is 5.76 Å². The summed E-state index contributed by atoms with van der Waals surface area (Å²) in [6, 6.07) is 8.08. The van der Waals surface area contributed by atoms with Crippen LogP contribution < -0.4 is 0 Å². The van der Waals surface area contributed by atoms with Crippen LogP contribution in [0.2, 0.25) is 0 Å². The molecule has 7 heteroatoms. The number of hydrogen-bond acceptors (Lipinski definition) is 5. The molecule has 0 radical (unpaired) electrons. The molecular weight excluding hydrogens is 394 g/mol. The fourth-order valence-electron chi connectivity index (χ4n) is 5.17. The summed E-state index contributed by atoms with van der Waals surface area (Å²) in [5, 5.41) is 3.88. The topological polar surface area (TPSA) is 75.9 Å². The second kappa shape index (κ2) is 7.05. The maximum atomic E-state index is 13.4. The van der Waals surface area contributed by atoms with Gasteiger partial charge >= 0.3 is 0 Å². The minimum absolute atomic E-state index is 0.00709. The van der Waals surface area contributed by atoms with E-state index in [1.165, 1.54) is 11.1 Å². The van der Waals surface area contributed by atoms with Crippen LogP contribution in [0.5, 0.6) is 0 Å². The van der Waals surface area contributed by atoms with Gasteiger partial charge in [0, 0.05) is 19.7 Å². The summed E-state index contributed by atoms with van der Waals surface area (Å²) in [4.78, 5) is 30.2. The van der Waals surface area contributed by atoms with Gasteiger partial charge in [-0.25, -0.2) is 0 Å². The number of benzene rings is 1. The van der Waals surface area contributed by atoms with Crippen LogP contribution in [0.1, 0.15) is 28.1 Å². The third kappa shape index (κ3) is 3.19. The number of carbonyl (C=O) groups excluding carboxylic acids is 2. The van der Waals surface area contributed by atoms with Gasteiger partial charge in [-0.15, -0.1) is 0 Å². The molecule has 162 valence electrons. The van der Waals surface area contributed by atoms with Gasteiger partial charge in [0.05, 0.1) is 36.7 Å². The van der Waals surface area contributed by atoms with E-state index in [1.807, 2.05) is 30.0 Å². The molecule has 3 aliphatic heterocycles. The predicted molar refractivity (Wildman–Crippen MR) is 113 cm³/mol. The van der Waals surface area contributed by atoms with Crippen molar-refractivity contribution in [3.8, 4) is 0 Å². The summed E-state index contributed by atoms with van der Waals surface area (Å²) in [6.07, 6.45) is 3.58. The molecule has 2 aromatic rings. The summed E-state index contributed by atoms with van der Waals surface area (Å²) in [5.74, 6) is -0.488. The van der Waals surface area contributed by atoms with E-state index in [9.17, 15) is 9.59 Å². The molecule has 3 aliphatic rings. The Bertz CT molecular complexity index is 1090. The Balaban J connectivity index is 1.35. The smallest absolute Gasteiger partial charge is 0.230 e. The molecular formula is C24H27N3O4. The predicted octanol–water partition coefficient (Wildman–Crippen LogP) is 2.54. The van der Waals surface area contributed by atoms with Gasteiger partial charge in [0.25, 0.3) is 0 Å². The average molecular weight is 421 g/mol. The number of rotatable bonds is 5. The molecule has 0 saturated carbocycles. The summed E-state index contributed by atoms with van der Waals surface area (Å²) in [6.45, 7) is 7.31. The van der Waals surface area contributed by atoms with Crippen LogP contribution in [0.25, 0.3) is 0 Å². The molecule has 2 saturated heterocycles. The monoisotopic (exact) mass is 421 g/mol. The van der Waals surface area contributed by atoms with Crippen LogP contribution in [-0.4, -0.2) is 52.1 Å². The van der Waals surface area contributed by atoms with Crippen molar-refractivity contribution in [2.45, 2.75) is 45.6 Å². The van der Waals surface area contributed by atoms with E-state index in [2.05, 4.69) is 37.2 Å². The third-order valence-corrected chi connectivity index (χ3v) is 6.85. The molecule has 2 fully saturated rings. The van der Waals surface area contributed by atoms with E-state index in [0.29, 0.717) is 25.4 Å². The first-order chi connectivity index (χ1) is 14.8. The van der Waals surface area contributed by atoms with Crippen molar-refractivity contribution in [2.75, 3.05) is 13.6 Å². The Hall–Kier alpha value is -2.93. The van der Waals surface area contributed by atoms with E-state index < -0.39 is 17.4 Å². The van der Waals surface area contributed by atoms with Gasteiger partial charge in [-0.05, 0) is 37.5 Å². The lowest BCUT2D eigenvalue weighted by Gasteiger charge is -2.27. The number of nitrogens with zero attached hydrogens (tertiary/aromatic N) is 3. The summed E-state index contributed by atoms with van der Waals surface area (Å²) >= 11 is 0. The van der Waals surface area contributed by atoms with Crippen molar-refractivity contribution in [3.05, 3.63) is 64.6 Å². The van der Waals surface area contributed by atoms with E-state index in [0.717, 1.165) is 11.3 Å². The molecule has 7 nitrogen and oxygen atoms in total. The Kier molecular flexibility index (Phi) is 4.55. The van der Waals surface area contributed by atoms with Gasteiger partial charge in [0.1, 0.15) is 5.60 Å². The highest BCUT2D eigenvalue weighted by Crippen LogP contribution is 2.52. The summed E-state index contributed by atoms with van der Waals surface area (Å²) < 4.78 is 11.5. The second-order valence-electron chi connectivity index (χ2n) is 9.14. The van der Waals surface area contributed by atoms with Gasteiger partial charge in [-0.1, -0.05) is 35.5 Å². The number of aromatic nitrogens is 1. The highest BCUT2D eigenvalue weighted by Gasteiger charge is 2.67. The van der Waals surface area contributed by atoms with Gasteiger partial charge in [-0.2, -0.15) is 0 Å². The van der Waals surface area contributed by atoms with Crippen LogP contribution in [0.4, 0.5) is 0 Å². The molecule has 5 rings (SSSR count). The maximum Gasteiger partial charge on any atom is 0.230 e. The number of carbonyl (C=O) groups is 2. The largest absolute Gasteiger partial charge is 0.360 e. The van der Waals surface area contributed by atoms with Crippen LogP contribution in [0.3, 0.4) is 0 Å². The average Bonchev–Trinajstić information content (AvgIpc) is 3.46. The van der Waals surface area contributed by atoms with Crippen molar-refractivity contribution < 1.29 is 18.8 Å². The number of ether oxygens (including phenoxy) is 1. The number of aryl methyl sites for hydroxylation is 3. The zero-order valence-corrected chi connectivity index (χ0v) is 18.3. The van der Waals surface area contributed by atoms with Crippen LogP contribution in [0.15, 0.2) is 40.9 Å². The lowest BCUT2D eigenvalue weighted by atomic mass is 9.76. The fourth-order valence-corrected chi connectivity index (χ4v) is 5.17. The van der Waals surface area contributed by atoms with Crippen molar-refractivity contribution >= 4 is 11.8 Å².